The maximum Gasteiger partial charge on any atom is 0.0405 e. The summed E-state index contributed by atoms with van der Waals surface area (Å²) in [6.45, 7) is 0. The predicted molar refractivity (Wildman–Crippen MR) is 37.2 cm³/mol. The second-order valence-electron chi connectivity index (χ2n) is 1.30. The van der Waals surface area contributed by atoms with Crippen molar-refractivity contribution in [2.45, 2.75) is 0 Å². The summed E-state index contributed by atoms with van der Waals surface area (Å²) in [6, 6.07) is 9.44. The molecular weight excluding hydrogens is 229 g/mol. The van der Waals surface area contributed by atoms with Gasteiger partial charge in [-0.25, -0.2) is 0 Å². The Morgan fingerprint density at radius 2 is 1.50 bits per heavy atom. The molecule has 41 valence electrons. The summed E-state index contributed by atoms with van der Waals surface area (Å²) in [5, 5.41) is 0.794. The van der Waals surface area contributed by atoms with Gasteiger partial charge < -0.3 is 0 Å². The Hall–Kier alpha value is 0.328. The molecule has 0 nitrogen and oxygen atoms in total. The molecule has 0 atom stereocenters. The van der Waals surface area contributed by atoms with Crippen molar-refractivity contribution in [1.29, 1.82) is 0 Å². The summed E-state index contributed by atoms with van der Waals surface area (Å²) in [5.41, 5.74) is 0. The van der Waals surface area contributed by atoms with Crippen LogP contribution in [0, 0.1) is 0 Å². The Bertz CT molecular complexity index is 138. The van der Waals surface area contributed by atoms with E-state index in [9.17, 15) is 0 Å². The fraction of sp³-hybridized carbons (Fsp3) is 0. The van der Waals surface area contributed by atoms with Crippen LogP contribution in [0.4, 0.5) is 0 Å². The third-order valence-corrected chi connectivity index (χ3v) is 0.985. The molecule has 0 spiro atoms. The van der Waals surface area contributed by atoms with Crippen LogP contribution in [-0.2, 0) is 0 Å². The van der Waals surface area contributed by atoms with Crippen molar-refractivity contribution in [1.82, 2.24) is 0 Å². The first-order valence-corrected chi connectivity index (χ1v) is 2.48. The van der Waals surface area contributed by atoms with Crippen LogP contribution in [0.1, 0.15) is 0 Å². The molecule has 0 heterocycles. The second-order valence-corrected chi connectivity index (χ2v) is 1.73. The maximum absolute atomic E-state index is 5.54. The molecule has 0 unspecified atom stereocenters. The minimum Gasteiger partial charge on any atom is -0.0843 e. The number of benzene rings is 1. The van der Waals surface area contributed by atoms with Crippen molar-refractivity contribution >= 4 is 36.0 Å². The third-order valence-electron chi connectivity index (χ3n) is 0.733. The van der Waals surface area contributed by atoms with Crippen LogP contribution >= 0.6 is 11.6 Å². The Morgan fingerprint density at radius 1 is 1.00 bits per heavy atom. The van der Waals surface area contributed by atoms with E-state index < -0.39 is 0 Å². The van der Waals surface area contributed by atoms with Gasteiger partial charge in [-0.2, -0.15) is 0 Å². The Morgan fingerprint density at radius 3 is 1.75 bits per heavy atom. The van der Waals surface area contributed by atoms with E-state index in [1.807, 2.05) is 30.3 Å². The van der Waals surface area contributed by atoms with Crippen LogP contribution in [0.3, 0.4) is 0 Å². The normalized spacial score (nSPS) is 7.62. The number of hydrogen-bond acceptors (Lipinski definition) is 0. The standard InChI is InChI=1S/C6H5Cl.Sb/c7-6-4-2-1-3-5-6;/h1-5H;. The van der Waals surface area contributed by atoms with Gasteiger partial charge in [-0.15, -0.1) is 0 Å². The van der Waals surface area contributed by atoms with Gasteiger partial charge in [0.15, 0.2) is 0 Å². The molecule has 8 heavy (non-hydrogen) atoms. The molecule has 2 heteroatoms. The molecule has 0 fully saturated rings. The summed E-state index contributed by atoms with van der Waals surface area (Å²) >= 11 is 5.54. The van der Waals surface area contributed by atoms with Crippen molar-refractivity contribution in [2.24, 2.45) is 0 Å². The molecule has 0 bridgehead atoms. The van der Waals surface area contributed by atoms with E-state index in [-0.39, 0.29) is 24.4 Å². The summed E-state index contributed by atoms with van der Waals surface area (Å²) in [6.07, 6.45) is 0. The fourth-order valence-electron chi connectivity index (χ4n) is 0.415. The Labute approximate surface area is 71.3 Å². The minimum absolute atomic E-state index is 0. The largest absolute Gasteiger partial charge is 0.0843 e. The number of rotatable bonds is 0. The summed E-state index contributed by atoms with van der Waals surface area (Å²) in [4.78, 5) is 0. The molecule has 0 saturated carbocycles. The molecule has 0 aromatic heterocycles. The van der Waals surface area contributed by atoms with Gasteiger partial charge in [-0.05, 0) is 12.1 Å². The van der Waals surface area contributed by atoms with Crippen molar-refractivity contribution in [3.8, 4) is 0 Å². The molecule has 0 saturated heterocycles. The summed E-state index contributed by atoms with van der Waals surface area (Å²) in [7, 11) is 0. The Kier molecular flexibility index (Phi) is 4.40. The van der Waals surface area contributed by atoms with Gasteiger partial charge in [0.25, 0.3) is 0 Å². The predicted octanol–water partition coefficient (Wildman–Crippen LogP) is 1.96. The zero-order valence-corrected chi connectivity index (χ0v) is 7.52. The molecule has 1 rings (SSSR count). The monoisotopic (exact) mass is 233 g/mol. The van der Waals surface area contributed by atoms with Crippen molar-refractivity contribution < 1.29 is 0 Å². The van der Waals surface area contributed by atoms with Crippen LogP contribution in [-0.4, -0.2) is 24.4 Å². The van der Waals surface area contributed by atoms with E-state index in [1.165, 1.54) is 0 Å². The first kappa shape index (κ1) is 8.33. The molecule has 0 aliphatic carbocycles. The van der Waals surface area contributed by atoms with E-state index in [0.717, 1.165) is 5.02 Å². The van der Waals surface area contributed by atoms with Crippen LogP contribution in [0.2, 0.25) is 5.02 Å². The fourth-order valence-corrected chi connectivity index (χ4v) is 0.560. The third kappa shape index (κ3) is 2.59. The van der Waals surface area contributed by atoms with E-state index in [4.69, 9.17) is 11.6 Å². The van der Waals surface area contributed by atoms with Crippen molar-refractivity contribution in [2.75, 3.05) is 0 Å². The summed E-state index contributed by atoms with van der Waals surface area (Å²) < 4.78 is 0. The average molecular weight is 234 g/mol. The topological polar surface area (TPSA) is 0 Å². The molecule has 0 amide bonds. The zero-order chi connectivity index (χ0) is 5.11. The molecule has 0 aliphatic rings. The molecule has 0 aliphatic heterocycles. The van der Waals surface area contributed by atoms with E-state index in [1.54, 1.807) is 0 Å². The van der Waals surface area contributed by atoms with Gasteiger partial charge in [0.05, 0.1) is 0 Å². The molecular formula is C6H5ClSb. The first-order valence-electron chi connectivity index (χ1n) is 2.10. The molecule has 0 N–H and O–H groups in total. The van der Waals surface area contributed by atoms with Gasteiger partial charge in [0, 0.05) is 29.5 Å². The van der Waals surface area contributed by atoms with Crippen LogP contribution in [0.5, 0.6) is 0 Å². The SMILES string of the molecule is Clc1ccccc1.[Sb]. The van der Waals surface area contributed by atoms with Gasteiger partial charge in [0.2, 0.25) is 0 Å². The van der Waals surface area contributed by atoms with Crippen molar-refractivity contribution in [3.05, 3.63) is 35.4 Å². The second kappa shape index (κ2) is 4.23. The van der Waals surface area contributed by atoms with Gasteiger partial charge >= 0.3 is 0 Å². The number of hydrogen-bond donors (Lipinski definition) is 0. The minimum atomic E-state index is 0. The van der Waals surface area contributed by atoms with Crippen LogP contribution in [0.15, 0.2) is 30.3 Å². The van der Waals surface area contributed by atoms with E-state index in [0.29, 0.717) is 0 Å². The van der Waals surface area contributed by atoms with E-state index >= 15 is 0 Å². The smallest absolute Gasteiger partial charge is 0.0405 e. The quantitative estimate of drug-likeness (QED) is 0.602. The zero-order valence-electron chi connectivity index (χ0n) is 4.21. The van der Waals surface area contributed by atoms with Crippen LogP contribution in [0.25, 0.3) is 0 Å². The van der Waals surface area contributed by atoms with Gasteiger partial charge in [-0.1, -0.05) is 29.8 Å². The number of halogens is 1. The van der Waals surface area contributed by atoms with Crippen LogP contribution < -0.4 is 0 Å². The van der Waals surface area contributed by atoms with E-state index in [2.05, 4.69) is 0 Å². The summed E-state index contributed by atoms with van der Waals surface area (Å²) in [5.74, 6) is 0. The Balaban J connectivity index is 0.000000490. The van der Waals surface area contributed by atoms with Gasteiger partial charge in [0.1, 0.15) is 0 Å². The first-order chi connectivity index (χ1) is 3.39. The molecule has 3 radical (unpaired) electrons. The van der Waals surface area contributed by atoms with Crippen molar-refractivity contribution in [3.63, 3.8) is 0 Å². The molecule has 1 aromatic rings. The maximum atomic E-state index is 5.54. The molecule has 1 aromatic carbocycles. The van der Waals surface area contributed by atoms with Gasteiger partial charge in [-0.3, -0.25) is 0 Å². The average Bonchev–Trinajstić information content (AvgIpc) is 1.69.